The Morgan fingerprint density at radius 1 is 1.39 bits per heavy atom. The standard InChI is InChI=1S/C18H30O5/c1-12-6-7-15(19)13(2)14(3)23-17(20)9-11-18(4,21)10-8-16(12)22-5/h6,8,10,13-16,19,21H,7,9,11H2,1-5H3/b10-8+,12-6+/t13-,14-,15-,16+,18-/m1/s1. The van der Waals surface area contributed by atoms with Gasteiger partial charge in [-0.2, -0.15) is 0 Å². The average Bonchev–Trinajstić information content (AvgIpc) is 2.49. The Morgan fingerprint density at radius 3 is 2.65 bits per heavy atom. The van der Waals surface area contributed by atoms with Crippen molar-refractivity contribution in [3.63, 3.8) is 0 Å². The van der Waals surface area contributed by atoms with Crippen LogP contribution < -0.4 is 0 Å². The second-order valence-electron chi connectivity index (χ2n) is 6.68. The number of carbonyl (C=O) groups excluding carboxylic acids is 1. The van der Waals surface area contributed by atoms with Gasteiger partial charge in [-0.1, -0.05) is 25.2 Å². The summed E-state index contributed by atoms with van der Waals surface area (Å²) in [4.78, 5) is 11.9. The largest absolute Gasteiger partial charge is 0.462 e. The highest BCUT2D eigenvalue weighted by Gasteiger charge is 2.26. The summed E-state index contributed by atoms with van der Waals surface area (Å²) in [6.45, 7) is 7.23. The van der Waals surface area contributed by atoms with Crippen LogP contribution in [0.1, 0.15) is 47.0 Å². The minimum Gasteiger partial charge on any atom is -0.462 e. The molecule has 1 rings (SSSR count). The van der Waals surface area contributed by atoms with Crippen molar-refractivity contribution in [2.75, 3.05) is 7.11 Å². The lowest BCUT2D eigenvalue weighted by molar-refractivity contribution is -0.153. The number of carbonyl (C=O) groups is 1. The molecule has 0 aromatic rings. The van der Waals surface area contributed by atoms with Crippen LogP contribution in [0.3, 0.4) is 0 Å². The lowest BCUT2D eigenvalue weighted by Gasteiger charge is -2.26. The molecule has 1 aliphatic heterocycles. The maximum atomic E-state index is 11.9. The van der Waals surface area contributed by atoms with Crippen LogP contribution in [0, 0.1) is 5.92 Å². The number of hydrogen-bond donors (Lipinski definition) is 2. The maximum Gasteiger partial charge on any atom is 0.306 e. The molecule has 0 amide bonds. The summed E-state index contributed by atoms with van der Waals surface area (Å²) in [6.07, 6.45) is 4.96. The monoisotopic (exact) mass is 326 g/mol. The lowest BCUT2D eigenvalue weighted by atomic mass is 9.94. The molecular formula is C18H30O5. The van der Waals surface area contributed by atoms with E-state index >= 15 is 0 Å². The van der Waals surface area contributed by atoms with Gasteiger partial charge in [0.25, 0.3) is 0 Å². The van der Waals surface area contributed by atoms with E-state index in [9.17, 15) is 15.0 Å². The fraction of sp³-hybridized carbons (Fsp3) is 0.722. The highest BCUT2D eigenvalue weighted by atomic mass is 16.5. The molecule has 0 fully saturated rings. The Bertz CT molecular complexity index is 452. The summed E-state index contributed by atoms with van der Waals surface area (Å²) in [5.41, 5.74) is -0.137. The molecule has 0 bridgehead atoms. The smallest absolute Gasteiger partial charge is 0.306 e. The van der Waals surface area contributed by atoms with Crippen molar-refractivity contribution in [2.45, 2.75) is 70.9 Å². The van der Waals surface area contributed by atoms with Gasteiger partial charge in [-0.15, -0.1) is 0 Å². The Kier molecular flexibility index (Phi) is 7.45. The van der Waals surface area contributed by atoms with E-state index in [1.807, 2.05) is 19.9 Å². The molecule has 1 aliphatic rings. The molecular weight excluding hydrogens is 296 g/mol. The molecule has 0 aromatic carbocycles. The second kappa shape index (κ2) is 8.62. The number of cyclic esters (lactones) is 1. The Morgan fingerprint density at radius 2 is 2.04 bits per heavy atom. The third kappa shape index (κ3) is 6.45. The molecule has 0 radical (unpaired) electrons. The molecule has 0 saturated carbocycles. The summed E-state index contributed by atoms with van der Waals surface area (Å²) < 4.78 is 10.8. The number of methoxy groups -OCH3 is 1. The van der Waals surface area contributed by atoms with Crippen LogP contribution in [0.15, 0.2) is 23.8 Å². The van der Waals surface area contributed by atoms with E-state index in [0.717, 1.165) is 5.57 Å². The van der Waals surface area contributed by atoms with Gasteiger partial charge in [-0.25, -0.2) is 0 Å². The molecule has 0 spiro atoms. The minimum absolute atomic E-state index is 0.122. The number of aliphatic hydroxyl groups excluding tert-OH is 1. The van der Waals surface area contributed by atoms with Crippen molar-refractivity contribution in [3.05, 3.63) is 23.8 Å². The Hall–Kier alpha value is -1.17. The zero-order chi connectivity index (χ0) is 17.6. The van der Waals surface area contributed by atoms with E-state index in [1.54, 1.807) is 33.1 Å². The summed E-state index contributed by atoms with van der Waals surface area (Å²) in [5.74, 6) is -0.541. The number of rotatable bonds is 1. The number of aliphatic hydroxyl groups is 2. The Labute approximate surface area is 139 Å². The van der Waals surface area contributed by atoms with Crippen LogP contribution in [0.25, 0.3) is 0 Å². The zero-order valence-electron chi connectivity index (χ0n) is 14.8. The molecule has 1 heterocycles. The third-order valence-corrected chi connectivity index (χ3v) is 4.51. The third-order valence-electron chi connectivity index (χ3n) is 4.51. The van der Waals surface area contributed by atoms with Crippen molar-refractivity contribution in [1.29, 1.82) is 0 Å². The molecule has 5 atom stereocenters. The fourth-order valence-electron chi connectivity index (χ4n) is 2.47. The molecule has 5 nitrogen and oxygen atoms in total. The van der Waals surface area contributed by atoms with Gasteiger partial charge in [0.1, 0.15) is 6.10 Å². The number of hydrogen-bond acceptors (Lipinski definition) is 5. The lowest BCUT2D eigenvalue weighted by Crippen LogP contribution is -2.32. The van der Waals surface area contributed by atoms with E-state index in [4.69, 9.17) is 9.47 Å². The van der Waals surface area contributed by atoms with E-state index in [-0.39, 0.29) is 36.9 Å². The summed E-state index contributed by atoms with van der Waals surface area (Å²) in [7, 11) is 1.60. The van der Waals surface area contributed by atoms with Crippen molar-refractivity contribution in [3.8, 4) is 0 Å². The van der Waals surface area contributed by atoms with Gasteiger partial charge in [0, 0.05) is 19.4 Å². The van der Waals surface area contributed by atoms with Gasteiger partial charge < -0.3 is 19.7 Å². The van der Waals surface area contributed by atoms with Gasteiger partial charge in [-0.05, 0) is 39.2 Å². The van der Waals surface area contributed by atoms with Crippen LogP contribution in [0.4, 0.5) is 0 Å². The van der Waals surface area contributed by atoms with Crippen LogP contribution in [0.2, 0.25) is 0 Å². The van der Waals surface area contributed by atoms with Gasteiger partial charge in [0.05, 0.1) is 17.8 Å². The molecule has 2 N–H and O–H groups in total. The number of esters is 1. The number of ether oxygens (including phenoxy) is 2. The van der Waals surface area contributed by atoms with Gasteiger partial charge in [-0.3, -0.25) is 4.79 Å². The van der Waals surface area contributed by atoms with Crippen LogP contribution >= 0.6 is 0 Å². The van der Waals surface area contributed by atoms with E-state index in [0.29, 0.717) is 6.42 Å². The van der Waals surface area contributed by atoms with Crippen LogP contribution in [0.5, 0.6) is 0 Å². The first-order valence-corrected chi connectivity index (χ1v) is 8.15. The molecule has 0 aliphatic carbocycles. The Balaban J connectivity index is 3.03. The van der Waals surface area contributed by atoms with E-state index in [2.05, 4.69) is 0 Å². The normalized spacial score (nSPS) is 41.3. The summed E-state index contributed by atoms with van der Waals surface area (Å²) >= 11 is 0. The van der Waals surface area contributed by atoms with Crippen molar-refractivity contribution < 1.29 is 24.5 Å². The first kappa shape index (κ1) is 19.9. The predicted molar refractivity (Wildman–Crippen MR) is 88.9 cm³/mol. The minimum atomic E-state index is -1.10. The van der Waals surface area contributed by atoms with Crippen LogP contribution in [-0.2, 0) is 14.3 Å². The quantitative estimate of drug-likeness (QED) is 0.571. The SMILES string of the molecule is CO[C@H]1/C=C/[C@@](C)(O)CCC(=O)O[C@H](C)[C@@H](C)[C@H](O)C/C=C/1C. The van der Waals surface area contributed by atoms with Gasteiger partial charge in [0.15, 0.2) is 0 Å². The van der Waals surface area contributed by atoms with Crippen molar-refractivity contribution >= 4 is 5.97 Å². The topological polar surface area (TPSA) is 76.0 Å². The highest BCUT2D eigenvalue weighted by Crippen LogP contribution is 2.21. The molecule has 5 heteroatoms. The molecule has 132 valence electrons. The maximum absolute atomic E-state index is 11.9. The zero-order valence-corrected chi connectivity index (χ0v) is 14.8. The van der Waals surface area contributed by atoms with Gasteiger partial charge in [0.2, 0.25) is 0 Å². The highest BCUT2D eigenvalue weighted by molar-refractivity contribution is 5.69. The predicted octanol–water partition coefficient (Wildman–Crippen LogP) is 2.37. The van der Waals surface area contributed by atoms with Crippen molar-refractivity contribution in [1.82, 2.24) is 0 Å². The van der Waals surface area contributed by atoms with Crippen LogP contribution in [-0.4, -0.2) is 47.2 Å². The van der Waals surface area contributed by atoms with Gasteiger partial charge >= 0.3 is 5.97 Å². The van der Waals surface area contributed by atoms with E-state index in [1.165, 1.54) is 0 Å². The van der Waals surface area contributed by atoms with Crippen molar-refractivity contribution in [2.24, 2.45) is 5.92 Å². The fourth-order valence-corrected chi connectivity index (χ4v) is 2.47. The molecule has 0 aromatic heterocycles. The molecule has 0 unspecified atom stereocenters. The first-order chi connectivity index (χ1) is 10.7. The molecule has 23 heavy (non-hydrogen) atoms. The second-order valence-corrected chi connectivity index (χ2v) is 6.68. The molecule has 0 saturated heterocycles. The summed E-state index contributed by atoms with van der Waals surface area (Å²) in [5, 5.41) is 20.6. The van der Waals surface area contributed by atoms with E-state index < -0.39 is 11.7 Å². The summed E-state index contributed by atoms with van der Waals surface area (Å²) in [6, 6.07) is 0. The first-order valence-electron chi connectivity index (χ1n) is 8.15. The average molecular weight is 326 g/mol.